The van der Waals surface area contributed by atoms with Crippen LogP contribution in [0, 0.1) is 6.92 Å². The summed E-state index contributed by atoms with van der Waals surface area (Å²) in [5.41, 5.74) is 7.45. The lowest BCUT2D eigenvalue weighted by Crippen LogP contribution is -2.41. The van der Waals surface area contributed by atoms with Crippen molar-refractivity contribution in [3.05, 3.63) is 71.1 Å². The predicted octanol–water partition coefficient (Wildman–Crippen LogP) is 4.23. The Morgan fingerprint density at radius 3 is 2.48 bits per heavy atom. The summed E-state index contributed by atoms with van der Waals surface area (Å²) < 4.78 is 11.8. The van der Waals surface area contributed by atoms with Gasteiger partial charge in [0.25, 0.3) is 0 Å². The van der Waals surface area contributed by atoms with E-state index in [0.29, 0.717) is 28.7 Å². The van der Waals surface area contributed by atoms with E-state index in [1.54, 1.807) is 24.3 Å². The monoisotopic (exact) mass is 447 g/mol. The number of nitrogens with zero attached hydrogens (tertiary/aromatic N) is 2. The summed E-state index contributed by atoms with van der Waals surface area (Å²) in [6.07, 6.45) is 2.14. The van der Waals surface area contributed by atoms with Gasteiger partial charge in [-0.1, -0.05) is 12.1 Å². The molecule has 1 fully saturated rings. The van der Waals surface area contributed by atoms with E-state index in [1.165, 1.54) is 0 Å². The number of carbonyl (C=O) groups is 2. The van der Waals surface area contributed by atoms with Gasteiger partial charge in [-0.25, -0.2) is 4.98 Å². The van der Waals surface area contributed by atoms with Crippen molar-refractivity contribution in [2.75, 3.05) is 13.1 Å². The fourth-order valence-corrected chi connectivity index (χ4v) is 4.03. The summed E-state index contributed by atoms with van der Waals surface area (Å²) in [5.74, 6) is 1.45. The second-order valence-electron chi connectivity index (χ2n) is 8.90. The van der Waals surface area contributed by atoms with Crippen LogP contribution in [-0.4, -0.2) is 34.8 Å². The second kappa shape index (κ2) is 9.10. The van der Waals surface area contributed by atoms with Crippen molar-refractivity contribution >= 4 is 11.8 Å². The lowest BCUT2D eigenvalue weighted by Gasteiger charge is -2.29. The number of amides is 2. The van der Waals surface area contributed by atoms with Crippen molar-refractivity contribution in [1.29, 1.82) is 0 Å². The van der Waals surface area contributed by atoms with E-state index in [4.69, 9.17) is 14.9 Å². The number of benzene rings is 2. The van der Waals surface area contributed by atoms with Crippen molar-refractivity contribution in [3.63, 3.8) is 0 Å². The molecule has 0 atom stereocenters. The maximum Gasteiger partial charge on any atom is 0.248 e. The number of carbonyl (C=O) groups excluding carboxylic acids is 2. The Morgan fingerprint density at radius 1 is 1.12 bits per heavy atom. The van der Waals surface area contributed by atoms with Crippen LogP contribution in [0.15, 0.2) is 52.9 Å². The maximum absolute atomic E-state index is 13.0. The van der Waals surface area contributed by atoms with Crippen LogP contribution >= 0.6 is 0 Å². The number of aromatic nitrogens is 1. The Bertz CT molecular complexity index is 1160. The molecule has 3 aromatic rings. The molecule has 0 spiro atoms. The minimum Gasteiger partial charge on any atom is -0.487 e. The Labute approximate surface area is 193 Å². The molecule has 2 amide bonds. The Kier molecular flexibility index (Phi) is 6.22. The molecule has 1 saturated heterocycles. The summed E-state index contributed by atoms with van der Waals surface area (Å²) in [6.45, 7) is 7.66. The highest BCUT2D eigenvalue weighted by Crippen LogP contribution is 2.30. The molecule has 2 heterocycles. The molecule has 0 unspecified atom stereocenters. The number of likely N-dealkylation sites (tertiary alicyclic amines) is 1. The molecule has 2 aromatic carbocycles. The third-order valence-corrected chi connectivity index (χ3v) is 6.17. The molecule has 1 aromatic heterocycles. The normalized spacial score (nSPS) is 13.8. The van der Waals surface area contributed by atoms with Gasteiger partial charge in [-0.3, -0.25) is 9.59 Å². The van der Waals surface area contributed by atoms with E-state index in [-0.39, 0.29) is 12.5 Å². The first kappa shape index (κ1) is 22.6. The highest BCUT2D eigenvalue weighted by molar-refractivity contribution is 5.93. The number of rotatable bonds is 7. The first-order valence-electron chi connectivity index (χ1n) is 11.1. The zero-order valence-corrected chi connectivity index (χ0v) is 19.3. The van der Waals surface area contributed by atoms with Crippen molar-refractivity contribution < 1.29 is 18.7 Å². The van der Waals surface area contributed by atoms with Crippen LogP contribution in [0.5, 0.6) is 5.75 Å². The van der Waals surface area contributed by atoms with Gasteiger partial charge in [-0.15, -0.1) is 0 Å². The summed E-state index contributed by atoms with van der Waals surface area (Å²) >= 11 is 0. The van der Waals surface area contributed by atoms with Crippen molar-refractivity contribution in [3.8, 4) is 17.2 Å². The molecular formula is C26H29N3O4. The number of hydrogen-bond donors (Lipinski definition) is 1. The molecule has 1 aliphatic rings. The van der Waals surface area contributed by atoms with E-state index in [1.807, 2.05) is 49.9 Å². The molecule has 0 aliphatic carbocycles. The van der Waals surface area contributed by atoms with Crippen molar-refractivity contribution in [2.24, 2.45) is 5.73 Å². The minimum atomic E-state index is -0.627. The predicted molar refractivity (Wildman–Crippen MR) is 125 cm³/mol. The van der Waals surface area contributed by atoms with Gasteiger partial charge < -0.3 is 19.8 Å². The third-order valence-electron chi connectivity index (χ3n) is 6.17. The highest BCUT2D eigenvalue weighted by atomic mass is 16.5. The van der Waals surface area contributed by atoms with Gasteiger partial charge in [-0.05, 0) is 75.6 Å². The number of hydrogen-bond acceptors (Lipinski definition) is 5. The quantitative estimate of drug-likeness (QED) is 0.584. The van der Waals surface area contributed by atoms with Gasteiger partial charge in [0.15, 0.2) is 0 Å². The van der Waals surface area contributed by atoms with Crippen LogP contribution in [0.25, 0.3) is 11.5 Å². The summed E-state index contributed by atoms with van der Waals surface area (Å²) in [6, 6.07) is 14.5. The van der Waals surface area contributed by atoms with Gasteiger partial charge in [0, 0.05) is 24.2 Å². The average molecular weight is 448 g/mol. The highest BCUT2D eigenvalue weighted by Gasteiger charge is 2.35. The van der Waals surface area contributed by atoms with Gasteiger partial charge >= 0.3 is 0 Å². The van der Waals surface area contributed by atoms with Crippen LogP contribution in [-0.2, 0) is 16.8 Å². The Hall–Kier alpha value is -3.61. The van der Waals surface area contributed by atoms with Gasteiger partial charge in [-0.2, -0.15) is 0 Å². The van der Waals surface area contributed by atoms with Crippen LogP contribution in [0.4, 0.5) is 0 Å². The fourth-order valence-electron chi connectivity index (χ4n) is 4.03. The molecular weight excluding hydrogens is 418 g/mol. The smallest absolute Gasteiger partial charge is 0.248 e. The van der Waals surface area contributed by atoms with E-state index in [0.717, 1.165) is 37.1 Å². The van der Waals surface area contributed by atoms with Crippen LogP contribution in [0.3, 0.4) is 0 Å². The number of aryl methyl sites for hydroxylation is 1. The molecule has 0 saturated carbocycles. The van der Waals surface area contributed by atoms with E-state index >= 15 is 0 Å². The summed E-state index contributed by atoms with van der Waals surface area (Å²) in [4.78, 5) is 30.8. The SMILES string of the molecule is Cc1oc(-c2ccc(C(N)=O)cc2)nc1COc1cccc(C(C)(C)C(=O)N2CCCC2)c1. The molecule has 1 aliphatic heterocycles. The van der Waals surface area contributed by atoms with Crippen LogP contribution in [0.2, 0.25) is 0 Å². The van der Waals surface area contributed by atoms with Crippen molar-refractivity contribution in [2.45, 2.75) is 45.6 Å². The van der Waals surface area contributed by atoms with Gasteiger partial charge in [0.05, 0.1) is 5.41 Å². The van der Waals surface area contributed by atoms with E-state index < -0.39 is 11.3 Å². The molecule has 7 heteroatoms. The number of primary amides is 1. The summed E-state index contributed by atoms with van der Waals surface area (Å²) in [7, 11) is 0. The number of oxazole rings is 1. The molecule has 4 rings (SSSR count). The second-order valence-corrected chi connectivity index (χ2v) is 8.90. The standard InChI is InChI=1S/C26H29N3O4/c1-17-22(28-24(33-17)19-11-9-18(10-12-19)23(27)30)16-32-21-8-6-7-20(15-21)26(2,3)25(31)29-13-4-5-14-29/h6-12,15H,4-5,13-14,16H2,1-3H3,(H2,27,30). The first-order valence-corrected chi connectivity index (χ1v) is 11.1. The van der Waals surface area contributed by atoms with Crippen molar-refractivity contribution in [1.82, 2.24) is 9.88 Å². The van der Waals surface area contributed by atoms with Crippen LogP contribution in [0.1, 0.15) is 54.1 Å². The topological polar surface area (TPSA) is 98.7 Å². The van der Waals surface area contributed by atoms with Gasteiger partial charge in [0.1, 0.15) is 23.8 Å². The molecule has 2 N–H and O–H groups in total. The zero-order valence-electron chi connectivity index (χ0n) is 19.3. The van der Waals surface area contributed by atoms with Gasteiger partial charge in [0.2, 0.25) is 17.7 Å². The largest absolute Gasteiger partial charge is 0.487 e. The van der Waals surface area contributed by atoms with E-state index in [2.05, 4.69) is 4.98 Å². The molecule has 33 heavy (non-hydrogen) atoms. The molecule has 7 nitrogen and oxygen atoms in total. The maximum atomic E-state index is 13.0. The fraction of sp³-hybridized carbons (Fsp3) is 0.346. The minimum absolute atomic E-state index is 0.150. The molecule has 172 valence electrons. The van der Waals surface area contributed by atoms with E-state index in [9.17, 15) is 9.59 Å². The lowest BCUT2D eigenvalue weighted by molar-refractivity contribution is -0.135. The third kappa shape index (κ3) is 4.77. The lowest BCUT2D eigenvalue weighted by atomic mass is 9.83. The Balaban J connectivity index is 1.46. The summed E-state index contributed by atoms with van der Waals surface area (Å²) in [5, 5.41) is 0. The first-order chi connectivity index (χ1) is 15.8. The zero-order chi connectivity index (χ0) is 23.6. The Morgan fingerprint density at radius 2 is 1.82 bits per heavy atom. The number of ether oxygens (including phenoxy) is 1. The molecule has 0 bridgehead atoms. The number of nitrogens with two attached hydrogens (primary N) is 1. The van der Waals surface area contributed by atoms with Crippen LogP contribution < -0.4 is 10.5 Å². The molecule has 0 radical (unpaired) electrons. The average Bonchev–Trinajstić information content (AvgIpc) is 3.47.